The van der Waals surface area contributed by atoms with Crippen LogP contribution in [0, 0.1) is 11.7 Å². The van der Waals surface area contributed by atoms with Gasteiger partial charge < -0.3 is 10.2 Å². The minimum absolute atomic E-state index is 0.0250. The molecule has 1 aromatic heterocycles. The number of carbonyl (C=O) groups is 1. The molecule has 0 unspecified atom stereocenters. The third kappa shape index (κ3) is 3.58. The molecule has 2 fully saturated rings. The number of nitrogens with one attached hydrogen (secondary N) is 1. The number of hydrogen-bond acceptors (Lipinski definition) is 3. The third-order valence-electron chi connectivity index (χ3n) is 5.72. The lowest BCUT2D eigenvalue weighted by atomic mass is 9.93. The molecule has 1 aliphatic carbocycles. The molecule has 2 aliphatic rings. The largest absolute Gasteiger partial charge is 0.339 e. The summed E-state index contributed by atoms with van der Waals surface area (Å²) in [5, 5.41) is 3.84. The van der Waals surface area contributed by atoms with Crippen LogP contribution in [0.3, 0.4) is 0 Å². The highest BCUT2D eigenvalue weighted by molar-refractivity contribution is 6.06. The van der Waals surface area contributed by atoms with Crippen molar-refractivity contribution in [2.45, 2.75) is 38.0 Å². The number of likely N-dealkylation sites (tertiary alicyclic amines) is 1. The van der Waals surface area contributed by atoms with E-state index in [1.54, 1.807) is 6.07 Å². The zero-order chi connectivity index (χ0) is 18.1. The van der Waals surface area contributed by atoms with Gasteiger partial charge in [0.15, 0.2) is 0 Å². The van der Waals surface area contributed by atoms with E-state index in [9.17, 15) is 9.18 Å². The number of piperidine rings is 1. The SMILES string of the molecule is CNCCC1CCN(C(=O)c2cc(C3CC3)nc3ccc(F)cc23)CC1. The molecule has 1 saturated carbocycles. The van der Waals surface area contributed by atoms with Gasteiger partial charge in [0.05, 0.1) is 11.1 Å². The number of carbonyl (C=O) groups excluding carboxylic acids is 1. The lowest BCUT2D eigenvalue weighted by molar-refractivity contribution is 0.0689. The highest BCUT2D eigenvalue weighted by atomic mass is 19.1. The van der Waals surface area contributed by atoms with Gasteiger partial charge in [-0.2, -0.15) is 0 Å². The number of nitrogens with zero attached hydrogens (tertiary/aromatic N) is 2. The third-order valence-corrected chi connectivity index (χ3v) is 5.72. The van der Waals surface area contributed by atoms with Crippen LogP contribution in [0.25, 0.3) is 10.9 Å². The van der Waals surface area contributed by atoms with Crippen molar-refractivity contribution in [2.24, 2.45) is 5.92 Å². The van der Waals surface area contributed by atoms with E-state index in [0.717, 1.165) is 62.9 Å². The monoisotopic (exact) mass is 355 g/mol. The molecule has 2 aromatic rings. The van der Waals surface area contributed by atoms with Crippen molar-refractivity contribution >= 4 is 16.8 Å². The minimum atomic E-state index is -0.321. The summed E-state index contributed by atoms with van der Waals surface area (Å²) in [7, 11) is 1.98. The molecule has 1 amide bonds. The van der Waals surface area contributed by atoms with E-state index in [0.29, 0.717) is 22.8 Å². The van der Waals surface area contributed by atoms with Gasteiger partial charge in [-0.1, -0.05) is 0 Å². The fourth-order valence-electron chi connectivity index (χ4n) is 3.93. The summed E-state index contributed by atoms with van der Waals surface area (Å²) in [4.78, 5) is 19.8. The molecule has 0 atom stereocenters. The molecule has 26 heavy (non-hydrogen) atoms. The highest BCUT2D eigenvalue weighted by Gasteiger charge is 2.29. The number of amides is 1. The predicted octanol–water partition coefficient (Wildman–Crippen LogP) is 3.71. The number of halogens is 1. The zero-order valence-electron chi connectivity index (χ0n) is 15.3. The van der Waals surface area contributed by atoms with Gasteiger partial charge in [-0.05, 0) is 75.9 Å². The fourth-order valence-corrected chi connectivity index (χ4v) is 3.93. The maximum absolute atomic E-state index is 13.8. The van der Waals surface area contributed by atoms with Crippen molar-refractivity contribution in [2.75, 3.05) is 26.7 Å². The second-order valence-corrected chi connectivity index (χ2v) is 7.66. The van der Waals surface area contributed by atoms with Gasteiger partial charge in [0.1, 0.15) is 5.82 Å². The average molecular weight is 355 g/mol. The second-order valence-electron chi connectivity index (χ2n) is 7.66. The lowest BCUT2D eigenvalue weighted by Crippen LogP contribution is -2.39. The molecule has 4 rings (SSSR count). The maximum Gasteiger partial charge on any atom is 0.254 e. The summed E-state index contributed by atoms with van der Waals surface area (Å²) >= 11 is 0. The zero-order valence-corrected chi connectivity index (χ0v) is 15.3. The van der Waals surface area contributed by atoms with Gasteiger partial charge in [-0.25, -0.2) is 4.39 Å². The summed E-state index contributed by atoms with van der Waals surface area (Å²) in [6.45, 7) is 2.59. The Kier molecular flexibility index (Phi) is 4.90. The Morgan fingerprint density at radius 1 is 1.23 bits per heavy atom. The standard InChI is InChI=1S/C21H26FN3O/c1-23-9-6-14-7-10-25(11-8-14)21(26)18-13-20(15-2-3-15)24-19-5-4-16(22)12-17(18)19/h4-5,12-15,23H,2-3,6-11H2,1H3. The van der Waals surface area contributed by atoms with E-state index in [-0.39, 0.29) is 11.7 Å². The second kappa shape index (κ2) is 7.31. The van der Waals surface area contributed by atoms with Crippen LogP contribution in [0.2, 0.25) is 0 Å². The van der Waals surface area contributed by atoms with Crippen LogP contribution >= 0.6 is 0 Å². The minimum Gasteiger partial charge on any atom is -0.339 e. The molecule has 1 N–H and O–H groups in total. The van der Waals surface area contributed by atoms with Crippen molar-refractivity contribution in [3.05, 3.63) is 41.3 Å². The van der Waals surface area contributed by atoms with E-state index in [1.807, 2.05) is 18.0 Å². The van der Waals surface area contributed by atoms with Crippen LogP contribution in [0.1, 0.15) is 54.1 Å². The topological polar surface area (TPSA) is 45.2 Å². The summed E-state index contributed by atoms with van der Waals surface area (Å²) in [6.07, 6.45) is 5.50. The normalized spacial score (nSPS) is 18.5. The fraction of sp³-hybridized carbons (Fsp3) is 0.524. The molecule has 1 aromatic carbocycles. The summed E-state index contributed by atoms with van der Waals surface area (Å²) in [5.74, 6) is 0.846. The summed E-state index contributed by atoms with van der Waals surface area (Å²) < 4.78 is 13.8. The van der Waals surface area contributed by atoms with E-state index in [1.165, 1.54) is 12.1 Å². The molecular formula is C21H26FN3O. The first-order chi connectivity index (χ1) is 12.7. The molecule has 0 bridgehead atoms. The molecule has 2 heterocycles. The van der Waals surface area contributed by atoms with Crippen LogP contribution in [0.4, 0.5) is 4.39 Å². The van der Waals surface area contributed by atoms with Crippen LogP contribution in [0.5, 0.6) is 0 Å². The molecule has 1 aliphatic heterocycles. The van der Waals surface area contributed by atoms with Crippen LogP contribution < -0.4 is 5.32 Å². The van der Waals surface area contributed by atoms with Gasteiger partial charge in [-0.3, -0.25) is 9.78 Å². The first kappa shape index (κ1) is 17.4. The summed E-state index contributed by atoms with van der Waals surface area (Å²) in [5.41, 5.74) is 2.32. The number of benzene rings is 1. The Balaban J connectivity index is 1.59. The number of aromatic nitrogens is 1. The molecule has 138 valence electrons. The van der Waals surface area contributed by atoms with E-state index in [2.05, 4.69) is 10.3 Å². The van der Waals surface area contributed by atoms with Crippen LogP contribution in [0.15, 0.2) is 24.3 Å². The molecule has 1 saturated heterocycles. The smallest absolute Gasteiger partial charge is 0.254 e. The molecular weight excluding hydrogens is 329 g/mol. The Bertz CT molecular complexity index is 810. The molecule has 0 spiro atoms. The molecule has 4 nitrogen and oxygen atoms in total. The van der Waals surface area contributed by atoms with Crippen molar-refractivity contribution < 1.29 is 9.18 Å². The highest BCUT2D eigenvalue weighted by Crippen LogP contribution is 2.40. The Morgan fingerprint density at radius 2 is 2.00 bits per heavy atom. The average Bonchev–Trinajstić information content (AvgIpc) is 3.51. The van der Waals surface area contributed by atoms with Crippen molar-refractivity contribution in [3.63, 3.8) is 0 Å². The maximum atomic E-state index is 13.8. The van der Waals surface area contributed by atoms with Crippen molar-refractivity contribution in [3.8, 4) is 0 Å². The number of fused-ring (bicyclic) bond motifs is 1. The molecule has 0 radical (unpaired) electrons. The van der Waals surface area contributed by atoms with Gasteiger partial charge in [0.25, 0.3) is 5.91 Å². The predicted molar refractivity (Wildman–Crippen MR) is 101 cm³/mol. The lowest BCUT2D eigenvalue weighted by Gasteiger charge is -2.32. The van der Waals surface area contributed by atoms with Gasteiger partial charge in [-0.15, -0.1) is 0 Å². The van der Waals surface area contributed by atoms with Gasteiger partial charge >= 0.3 is 0 Å². The van der Waals surface area contributed by atoms with E-state index >= 15 is 0 Å². The number of rotatable bonds is 5. The number of pyridine rings is 1. The number of hydrogen-bond donors (Lipinski definition) is 1. The summed E-state index contributed by atoms with van der Waals surface area (Å²) in [6, 6.07) is 6.48. The van der Waals surface area contributed by atoms with E-state index < -0.39 is 0 Å². The van der Waals surface area contributed by atoms with Gasteiger partial charge in [0.2, 0.25) is 0 Å². The Morgan fingerprint density at radius 3 is 2.69 bits per heavy atom. The first-order valence-electron chi connectivity index (χ1n) is 9.70. The molecule has 5 heteroatoms. The van der Waals surface area contributed by atoms with Crippen molar-refractivity contribution in [1.29, 1.82) is 0 Å². The Hall–Kier alpha value is -2.01. The van der Waals surface area contributed by atoms with E-state index in [4.69, 9.17) is 0 Å². The van der Waals surface area contributed by atoms with Crippen LogP contribution in [-0.2, 0) is 0 Å². The van der Waals surface area contributed by atoms with Crippen molar-refractivity contribution in [1.82, 2.24) is 15.2 Å². The quantitative estimate of drug-likeness (QED) is 0.889. The Labute approximate surface area is 153 Å². The van der Waals surface area contributed by atoms with Gasteiger partial charge in [0, 0.05) is 30.1 Å². The first-order valence-corrected chi connectivity index (χ1v) is 9.70. The van der Waals surface area contributed by atoms with Crippen LogP contribution in [-0.4, -0.2) is 42.5 Å².